The molecule has 1 amide bonds. The minimum absolute atomic E-state index is 0.0351. The number of carboxylic acid groups (broad SMARTS) is 1. The van der Waals surface area contributed by atoms with Crippen molar-refractivity contribution in [3.8, 4) is 0 Å². The van der Waals surface area contributed by atoms with Gasteiger partial charge in [0.25, 0.3) is 5.91 Å². The van der Waals surface area contributed by atoms with Gasteiger partial charge >= 0.3 is 5.97 Å². The zero-order valence-corrected chi connectivity index (χ0v) is 14.6. The van der Waals surface area contributed by atoms with Crippen molar-refractivity contribution in [3.05, 3.63) is 18.2 Å². The number of carbonyl (C=O) groups is 2. The Hall–Kier alpha value is -1.93. The molecule has 0 saturated carbocycles. The second kappa shape index (κ2) is 8.44. The minimum Gasteiger partial charge on any atom is -0.480 e. The third-order valence-electron chi connectivity index (χ3n) is 5.13. The Kier molecular flexibility index (Phi) is 6.04. The SMILES string of the molecule is O=C(O)CN1CCN(C(=O)c2cn(CCC3CCNCC3)cn2)CC1. The molecule has 2 aliphatic heterocycles. The van der Waals surface area contributed by atoms with Gasteiger partial charge < -0.3 is 19.9 Å². The van der Waals surface area contributed by atoms with Crippen LogP contribution in [0.2, 0.25) is 0 Å². The fourth-order valence-corrected chi connectivity index (χ4v) is 3.56. The molecule has 1 aromatic heterocycles. The number of imidazole rings is 1. The lowest BCUT2D eigenvalue weighted by Gasteiger charge is -2.33. The molecule has 0 spiro atoms. The van der Waals surface area contributed by atoms with E-state index in [0.717, 1.165) is 32.0 Å². The number of aryl methyl sites for hydroxylation is 1. The number of aromatic nitrogens is 2. The van der Waals surface area contributed by atoms with Crippen LogP contribution in [0.25, 0.3) is 0 Å². The number of amides is 1. The number of hydrogen-bond acceptors (Lipinski definition) is 5. The highest BCUT2D eigenvalue weighted by Gasteiger charge is 2.24. The number of nitrogens with one attached hydrogen (secondary N) is 1. The van der Waals surface area contributed by atoms with Gasteiger partial charge in [-0.3, -0.25) is 14.5 Å². The van der Waals surface area contributed by atoms with E-state index in [9.17, 15) is 9.59 Å². The van der Waals surface area contributed by atoms with Crippen LogP contribution in [0.1, 0.15) is 29.8 Å². The highest BCUT2D eigenvalue weighted by atomic mass is 16.4. The third-order valence-corrected chi connectivity index (χ3v) is 5.13. The molecule has 0 unspecified atom stereocenters. The van der Waals surface area contributed by atoms with Crippen LogP contribution in [-0.4, -0.2) is 82.1 Å². The van der Waals surface area contributed by atoms with Crippen LogP contribution >= 0.6 is 0 Å². The van der Waals surface area contributed by atoms with Gasteiger partial charge in [0, 0.05) is 38.9 Å². The number of piperazine rings is 1. The highest BCUT2D eigenvalue weighted by molar-refractivity contribution is 5.92. The van der Waals surface area contributed by atoms with Crippen LogP contribution in [0, 0.1) is 5.92 Å². The number of carboxylic acids is 1. The lowest BCUT2D eigenvalue weighted by molar-refractivity contribution is -0.138. The Balaban J connectivity index is 1.46. The summed E-state index contributed by atoms with van der Waals surface area (Å²) in [5, 5.41) is 12.2. The summed E-state index contributed by atoms with van der Waals surface area (Å²) in [7, 11) is 0. The molecule has 2 aliphatic rings. The predicted octanol–water partition coefficient (Wildman–Crippen LogP) is 0.115. The van der Waals surface area contributed by atoms with E-state index in [0.29, 0.717) is 31.9 Å². The Bertz CT molecular complexity index is 589. The zero-order chi connectivity index (χ0) is 17.6. The highest BCUT2D eigenvalue weighted by Crippen LogP contribution is 2.17. The van der Waals surface area contributed by atoms with E-state index < -0.39 is 5.97 Å². The lowest BCUT2D eigenvalue weighted by atomic mass is 9.95. The van der Waals surface area contributed by atoms with Gasteiger partial charge in [-0.2, -0.15) is 0 Å². The molecular formula is C17H27N5O3. The average Bonchev–Trinajstić information content (AvgIpc) is 3.09. The molecule has 0 aliphatic carbocycles. The van der Waals surface area contributed by atoms with Crippen molar-refractivity contribution in [1.29, 1.82) is 0 Å². The second-order valence-electron chi connectivity index (χ2n) is 6.94. The Morgan fingerprint density at radius 3 is 2.60 bits per heavy atom. The number of hydrogen-bond donors (Lipinski definition) is 2. The van der Waals surface area contributed by atoms with Crippen LogP contribution in [0.4, 0.5) is 0 Å². The predicted molar refractivity (Wildman–Crippen MR) is 92.4 cm³/mol. The summed E-state index contributed by atoms with van der Waals surface area (Å²) >= 11 is 0. The van der Waals surface area contributed by atoms with Crippen molar-refractivity contribution >= 4 is 11.9 Å². The van der Waals surface area contributed by atoms with Gasteiger partial charge in [0.1, 0.15) is 5.69 Å². The molecule has 3 rings (SSSR count). The largest absolute Gasteiger partial charge is 0.480 e. The van der Waals surface area contributed by atoms with Crippen molar-refractivity contribution in [2.24, 2.45) is 5.92 Å². The first-order valence-electron chi connectivity index (χ1n) is 9.08. The summed E-state index contributed by atoms with van der Waals surface area (Å²) in [6.45, 7) is 5.42. The van der Waals surface area contributed by atoms with Gasteiger partial charge in [-0.05, 0) is 38.3 Å². The molecule has 2 N–H and O–H groups in total. The van der Waals surface area contributed by atoms with Gasteiger partial charge in [0.05, 0.1) is 12.9 Å². The normalized spacial score (nSPS) is 19.9. The van der Waals surface area contributed by atoms with Crippen molar-refractivity contribution < 1.29 is 14.7 Å². The second-order valence-corrected chi connectivity index (χ2v) is 6.94. The number of aliphatic carboxylic acids is 1. The summed E-state index contributed by atoms with van der Waals surface area (Å²) in [6, 6.07) is 0. The molecule has 0 radical (unpaired) electrons. The smallest absolute Gasteiger partial charge is 0.317 e. The molecule has 3 heterocycles. The molecule has 0 bridgehead atoms. The van der Waals surface area contributed by atoms with E-state index >= 15 is 0 Å². The van der Waals surface area contributed by atoms with E-state index in [2.05, 4.69) is 10.3 Å². The van der Waals surface area contributed by atoms with Gasteiger partial charge in [0.15, 0.2) is 0 Å². The molecule has 1 aromatic rings. The molecule has 2 fully saturated rings. The maximum absolute atomic E-state index is 12.6. The van der Waals surface area contributed by atoms with E-state index in [1.54, 1.807) is 11.2 Å². The Morgan fingerprint density at radius 2 is 1.92 bits per heavy atom. The van der Waals surface area contributed by atoms with Gasteiger partial charge in [-0.15, -0.1) is 0 Å². The number of rotatable bonds is 6. The van der Waals surface area contributed by atoms with Crippen LogP contribution < -0.4 is 5.32 Å². The summed E-state index contributed by atoms with van der Waals surface area (Å²) in [5.41, 5.74) is 0.483. The van der Waals surface area contributed by atoms with E-state index in [-0.39, 0.29) is 12.5 Å². The topological polar surface area (TPSA) is 90.7 Å². The fraction of sp³-hybridized carbons (Fsp3) is 0.706. The first-order valence-corrected chi connectivity index (χ1v) is 9.08. The van der Waals surface area contributed by atoms with Crippen molar-refractivity contribution in [2.45, 2.75) is 25.8 Å². The van der Waals surface area contributed by atoms with Crippen molar-refractivity contribution in [1.82, 2.24) is 24.7 Å². The fourth-order valence-electron chi connectivity index (χ4n) is 3.56. The van der Waals surface area contributed by atoms with E-state index in [1.807, 2.05) is 15.7 Å². The number of nitrogens with zero attached hydrogens (tertiary/aromatic N) is 4. The van der Waals surface area contributed by atoms with Gasteiger partial charge in [0.2, 0.25) is 0 Å². The van der Waals surface area contributed by atoms with Crippen LogP contribution in [0.5, 0.6) is 0 Å². The van der Waals surface area contributed by atoms with Crippen molar-refractivity contribution in [3.63, 3.8) is 0 Å². The Labute approximate surface area is 147 Å². The molecule has 0 aromatic carbocycles. The number of piperidine rings is 1. The molecule has 25 heavy (non-hydrogen) atoms. The molecular weight excluding hydrogens is 322 g/mol. The zero-order valence-electron chi connectivity index (χ0n) is 14.6. The monoisotopic (exact) mass is 349 g/mol. The van der Waals surface area contributed by atoms with Gasteiger partial charge in [-0.1, -0.05) is 0 Å². The van der Waals surface area contributed by atoms with E-state index in [4.69, 9.17) is 5.11 Å². The maximum Gasteiger partial charge on any atom is 0.317 e. The molecule has 2 saturated heterocycles. The standard InChI is InChI=1S/C17H27N5O3/c23-16(24)12-20-7-9-22(10-8-20)17(25)15-11-21(13-19-15)6-3-14-1-4-18-5-2-14/h11,13-14,18H,1-10,12H2,(H,23,24). The van der Waals surface area contributed by atoms with Crippen LogP contribution in [0.15, 0.2) is 12.5 Å². The minimum atomic E-state index is -0.827. The van der Waals surface area contributed by atoms with Gasteiger partial charge in [-0.25, -0.2) is 4.98 Å². The van der Waals surface area contributed by atoms with Crippen LogP contribution in [-0.2, 0) is 11.3 Å². The van der Waals surface area contributed by atoms with Crippen LogP contribution in [0.3, 0.4) is 0 Å². The van der Waals surface area contributed by atoms with Crippen molar-refractivity contribution in [2.75, 3.05) is 45.8 Å². The Morgan fingerprint density at radius 1 is 1.20 bits per heavy atom. The number of carbonyl (C=O) groups excluding carboxylic acids is 1. The summed E-state index contributed by atoms with van der Waals surface area (Å²) in [6.07, 6.45) is 7.16. The quantitative estimate of drug-likeness (QED) is 0.758. The van der Waals surface area contributed by atoms with E-state index in [1.165, 1.54) is 12.8 Å². The first-order chi connectivity index (χ1) is 12.1. The molecule has 138 valence electrons. The molecule has 8 nitrogen and oxygen atoms in total. The first kappa shape index (κ1) is 17.9. The third kappa shape index (κ3) is 5.02. The lowest BCUT2D eigenvalue weighted by Crippen LogP contribution is -2.50. The average molecular weight is 349 g/mol. The summed E-state index contributed by atoms with van der Waals surface area (Å²) in [5.74, 6) is -0.132. The summed E-state index contributed by atoms with van der Waals surface area (Å²) in [4.78, 5) is 31.2. The maximum atomic E-state index is 12.6. The molecule has 0 atom stereocenters. The molecule has 8 heteroatoms. The summed E-state index contributed by atoms with van der Waals surface area (Å²) < 4.78 is 2.01.